The molecule has 1 aromatic heterocycles. The van der Waals surface area contributed by atoms with E-state index in [1.54, 1.807) is 0 Å². The molecule has 2 saturated heterocycles. The van der Waals surface area contributed by atoms with Crippen LogP contribution in [-0.4, -0.2) is 46.9 Å². The zero-order valence-electron chi connectivity index (χ0n) is 14.3. The Balaban J connectivity index is 1.63. The Morgan fingerprint density at radius 2 is 2.22 bits per heavy atom. The van der Waals surface area contributed by atoms with Gasteiger partial charge in [0, 0.05) is 50.4 Å². The van der Waals surface area contributed by atoms with Gasteiger partial charge in [0.15, 0.2) is 0 Å². The van der Waals surface area contributed by atoms with Crippen LogP contribution in [0, 0.1) is 5.41 Å². The summed E-state index contributed by atoms with van der Waals surface area (Å²) in [6, 6.07) is 4.17. The number of piperidine rings is 2. The molecule has 126 valence electrons. The summed E-state index contributed by atoms with van der Waals surface area (Å²) < 4.78 is 0. The van der Waals surface area contributed by atoms with Crippen molar-refractivity contribution in [1.29, 1.82) is 0 Å². The van der Waals surface area contributed by atoms with Crippen molar-refractivity contribution in [1.82, 2.24) is 14.8 Å². The van der Waals surface area contributed by atoms with Crippen LogP contribution in [0.1, 0.15) is 51.0 Å². The minimum atomic E-state index is 0.322. The van der Waals surface area contributed by atoms with E-state index in [0.29, 0.717) is 11.3 Å². The Kier molecular flexibility index (Phi) is 5.31. The molecule has 1 aromatic rings. The molecule has 2 aliphatic rings. The number of hydrogen-bond acceptors (Lipinski definition) is 3. The SMILES string of the molecule is CCCCN1C[C@@]2(CCCN(Cc3cccnc3)C2)CCC1=O. The third kappa shape index (κ3) is 4.11. The van der Waals surface area contributed by atoms with Crippen molar-refractivity contribution in [2.24, 2.45) is 5.41 Å². The lowest BCUT2D eigenvalue weighted by Crippen LogP contribution is -2.53. The minimum Gasteiger partial charge on any atom is -0.342 e. The van der Waals surface area contributed by atoms with Crippen LogP contribution >= 0.6 is 0 Å². The van der Waals surface area contributed by atoms with Crippen LogP contribution in [0.15, 0.2) is 24.5 Å². The molecule has 2 fully saturated rings. The fourth-order valence-electron chi connectivity index (χ4n) is 4.18. The van der Waals surface area contributed by atoms with E-state index < -0.39 is 0 Å². The van der Waals surface area contributed by atoms with Gasteiger partial charge in [-0.3, -0.25) is 14.7 Å². The van der Waals surface area contributed by atoms with E-state index in [-0.39, 0.29) is 0 Å². The maximum Gasteiger partial charge on any atom is 0.222 e. The monoisotopic (exact) mass is 315 g/mol. The number of hydrogen-bond donors (Lipinski definition) is 0. The molecule has 0 radical (unpaired) electrons. The molecule has 0 aromatic carbocycles. The van der Waals surface area contributed by atoms with E-state index in [0.717, 1.165) is 51.9 Å². The molecule has 3 heterocycles. The number of carbonyl (C=O) groups is 1. The Morgan fingerprint density at radius 1 is 1.30 bits per heavy atom. The normalized spacial score (nSPS) is 26.0. The number of rotatable bonds is 5. The maximum atomic E-state index is 12.2. The van der Waals surface area contributed by atoms with Gasteiger partial charge >= 0.3 is 0 Å². The van der Waals surface area contributed by atoms with Crippen LogP contribution in [-0.2, 0) is 11.3 Å². The molecule has 4 nitrogen and oxygen atoms in total. The number of pyridine rings is 1. The summed E-state index contributed by atoms with van der Waals surface area (Å²) in [4.78, 5) is 21.1. The summed E-state index contributed by atoms with van der Waals surface area (Å²) in [6.45, 7) is 7.38. The van der Waals surface area contributed by atoms with Crippen LogP contribution in [0.4, 0.5) is 0 Å². The first-order valence-corrected chi connectivity index (χ1v) is 9.10. The zero-order valence-corrected chi connectivity index (χ0v) is 14.3. The first-order valence-electron chi connectivity index (χ1n) is 9.10. The molecule has 1 atom stereocenters. The summed E-state index contributed by atoms with van der Waals surface area (Å²) in [5.41, 5.74) is 1.61. The highest BCUT2D eigenvalue weighted by Gasteiger charge is 2.41. The number of amides is 1. The van der Waals surface area contributed by atoms with Crippen molar-refractivity contribution in [2.75, 3.05) is 26.2 Å². The van der Waals surface area contributed by atoms with Crippen LogP contribution in [0.3, 0.4) is 0 Å². The van der Waals surface area contributed by atoms with E-state index in [4.69, 9.17) is 0 Å². The first-order chi connectivity index (χ1) is 11.2. The molecule has 2 aliphatic heterocycles. The van der Waals surface area contributed by atoms with Crippen LogP contribution in [0.25, 0.3) is 0 Å². The molecule has 0 bridgehead atoms. The Morgan fingerprint density at radius 3 is 3.00 bits per heavy atom. The quantitative estimate of drug-likeness (QED) is 0.838. The highest BCUT2D eigenvalue weighted by Crippen LogP contribution is 2.39. The Hall–Kier alpha value is -1.42. The van der Waals surface area contributed by atoms with Gasteiger partial charge in [-0.1, -0.05) is 19.4 Å². The average molecular weight is 315 g/mol. The molecule has 23 heavy (non-hydrogen) atoms. The second-order valence-corrected chi connectivity index (χ2v) is 7.34. The van der Waals surface area contributed by atoms with Crippen LogP contribution < -0.4 is 0 Å². The predicted octanol–water partition coefficient (Wildman–Crippen LogP) is 3.09. The van der Waals surface area contributed by atoms with Gasteiger partial charge in [0.1, 0.15) is 0 Å². The summed E-state index contributed by atoms with van der Waals surface area (Å²) >= 11 is 0. The summed E-state index contributed by atoms with van der Waals surface area (Å²) in [7, 11) is 0. The molecule has 1 amide bonds. The van der Waals surface area contributed by atoms with Crippen molar-refractivity contribution >= 4 is 5.91 Å². The molecular formula is C19H29N3O. The van der Waals surface area contributed by atoms with E-state index >= 15 is 0 Å². The minimum absolute atomic E-state index is 0.322. The molecule has 4 heteroatoms. The van der Waals surface area contributed by atoms with E-state index in [2.05, 4.69) is 27.8 Å². The highest BCUT2D eigenvalue weighted by molar-refractivity contribution is 5.77. The van der Waals surface area contributed by atoms with Gasteiger partial charge < -0.3 is 4.90 Å². The number of unbranched alkanes of at least 4 members (excludes halogenated alkanes) is 1. The summed E-state index contributed by atoms with van der Waals surface area (Å²) in [5.74, 6) is 0.369. The maximum absolute atomic E-state index is 12.2. The fourth-order valence-corrected chi connectivity index (χ4v) is 4.18. The Bertz CT molecular complexity index is 519. The number of carbonyl (C=O) groups excluding carboxylic acids is 1. The standard InChI is InChI=1S/C19H29N3O/c1-2-3-12-22-16-19(9-7-18(22)23)8-5-11-21(15-19)14-17-6-4-10-20-13-17/h4,6,10,13H,2-3,5,7-9,11-12,14-16H2,1H3/t19-/m0/s1. The molecular weight excluding hydrogens is 286 g/mol. The van der Waals surface area contributed by atoms with Crippen molar-refractivity contribution in [3.63, 3.8) is 0 Å². The van der Waals surface area contributed by atoms with E-state index in [9.17, 15) is 4.79 Å². The van der Waals surface area contributed by atoms with Crippen molar-refractivity contribution in [3.8, 4) is 0 Å². The van der Waals surface area contributed by atoms with Gasteiger partial charge in [0.05, 0.1) is 0 Å². The molecule has 3 rings (SSSR count). The zero-order chi connectivity index (χ0) is 16.1. The molecule has 0 saturated carbocycles. The van der Waals surface area contributed by atoms with Crippen LogP contribution in [0.5, 0.6) is 0 Å². The topological polar surface area (TPSA) is 36.4 Å². The largest absolute Gasteiger partial charge is 0.342 e. The first kappa shape index (κ1) is 16.4. The highest BCUT2D eigenvalue weighted by atomic mass is 16.2. The van der Waals surface area contributed by atoms with Gasteiger partial charge in [0.2, 0.25) is 5.91 Å². The fraction of sp³-hybridized carbons (Fsp3) is 0.684. The van der Waals surface area contributed by atoms with Gasteiger partial charge in [-0.25, -0.2) is 0 Å². The summed E-state index contributed by atoms with van der Waals surface area (Å²) in [6.07, 6.45) is 10.4. The summed E-state index contributed by atoms with van der Waals surface area (Å²) in [5, 5.41) is 0. The lowest BCUT2D eigenvalue weighted by molar-refractivity contribution is -0.139. The van der Waals surface area contributed by atoms with Gasteiger partial charge in [-0.2, -0.15) is 0 Å². The molecule has 0 N–H and O–H groups in total. The lowest BCUT2D eigenvalue weighted by Gasteiger charge is -2.48. The van der Waals surface area contributed by atoms with Crippen molar-refractivity contribution in [2.45, 2.75) is 52.0 Å². The smallest absolute Gasteiger partial charge is 0.222 e. The average Bonchev–Trinajstić information content (AvgIpc) is 2.57. The third-order valence-corrected chi connectivity index (χ3v) is 5.40. The van der Waals surface area contributed by atoms with E-state index in [1.807, 2.05) is 18.5 Å². The van der Waals surface area contributed by atoms with Crippen molar-refractivity contribution < 1.29 is 4.79 Å². The number of nitrogens with zero attached hydrogens (tertiary/aromatic N) is 3. The van der Waals surface area contributed by atoms with Gasteiger partial charge in [-0.15, -0.1) is 0 Å². The number of likely N-dealkylation sites (tertiary alicyclic amines) is 2. The molecule has 0 unspecified atom stereocenters. The molecule has 1 spiro atoms. The van der Waals surface area contributed by atoms with Gasteiger partial charge in [-0.05, 0) is 43.9 Å². The van der Waals surface area contributed by atoms with Gasteiger partial charge in [0.25, 0.3) is 0 Å². The second-order valence-electron chi connectivity index (χ2n) is 7.34. The van der Waals surface area contributed by atoms with Crippen molar-refractivity contribution in [3.05, 3.63) is 30.1 Å². The third-order valence-electron chi connectivity index (χ3n) is 5.40. The lowest BCUT2D eigenvalue weighted by atomic mass is 9.73. The van der Waals surface area contributed by atoms with E-state index in [1.165, 1.54) is 24.9 Å². The molecule has 0 aliphatic carbocycles. The predicted molar refractivity (Wildman–Crippen MR) is 91.9 cm³/mol. The van der Waals surface area contributed by atoms with Crippen LogP contribution in [0.2, 0.25) is 0 Å². The second kappa shape index (κ2) is 7.43. The Labute approximate surface area is 139 Å². The number of aromatic nitrogens is 1.